The minimum Gasteiger partial charge on any atom is -0.497 e. The van der Waals surface area contributed by atoms with Gasteiger partial charge in [0.1, 0.15) is 5.75 Å². The molecule has 0 heterocycles. The third kappa shape index (κ3) is 6.60. The molecule has 1 amide bonds. The maximum atomic E-state index is 12.2. The molecule has 21 heavy (non-hydrogen) atoms. The number of rotatable bonds is 10. The summed E-state index contributed by atoms with van der Waals surface area (Å²) in [4.78, 5) is 14.0. The van der Waals surface area contributed by atoms with Crippen LogP contribution in [0.15, 0.2) is 24.3 Å². The predicted octanol–water partition coefficient (Wildman–Crippen LogP) is 1.75. The van der Waals surface area contributed by atoms with Gasteiger partial charge in [-0.25, -0.2) is 0 Å². The minimum atomic E-state index is 0.125. The molecule has 1 aromatic carbocycles. The van der Waals surface area contributed by atoms with Crippen LogP contribution < -0.4 is 4.74 Å². The van der Waals surface area contributed by atoms with E-state index in [1.165, 1.54) is 0 Å². The minimum absolute atomic E-state index is 0.125. The summed E-state index contributed by atoms with van der Waals surface area (Å²) < 4.78 is 15.2. The first-order valence-corrected chi connectivity index (χ1v) is 7.09. The Morgan fingerprint density at radius 3 is 2.05 bits per heavy atom. The lowest BCUT2D eigenvalue weighted by molar-refractivity contribution is -0.132. The highest BCUT2D eigenvalue weighted by atomic mass is 16.5. The lowest BCUT2D eigenvalue weighted by Gasteiger charge is -2.22. The fourth-order valence-electron chi connectivity index (χ4n) is 1.97. The Labute approximate surface area is 126 Å². The smallest absolute Gasteiger partial charge is 0.223 e. The molecule has 0 aliphatic rings. The van der Waals surface area contributed by atoms with Crippen molar-refractivity contribution < 1.29 is 19.0 Å². The second-order valence-electron chi connectivity index (χ2n) is 4.71. The van der Waals surface area contributed by atoms with E-state index in [2.05, 4.69) is 0 Å². The van der Waals surface area contributed by atoms with E-state index < -0.39 is 0 Å². The van der Waals surface area contributed by atoms with Crippen molar-refractivity contribution in [1.29, 1.82) is 0 Å². The van der Waals surface area contributed by atoms with Crippen LogP contribution in [0.2, 0.25) is 0 Å². The highest BCUT2D eigenvalue weighted by Gasteiger charge is 2.12. The molecule has 118 valence electrons. The van der Waals surface area contributed by atoms with Crippen LogP contribution in [0.4, 0.5) is 0 Å². The number of amides is 1. The zero-order valence-electron chi connectivity index (χ0n) is 13.1. The van der Waals surface area contributed by atoms with Gasteiger partial charge < -0.3 is 19.1 Å². The van der Waals surface area contributed by atoms with E-state index in [0.29, 0.717) is 32.7 Å². The van der Waals surface area contributed by atoms with E-state index in [1.54, 1.807) is 26.2 Å². The molecule has 0 saturated heterocycles. The summed E-state index contributed by atoms with van der Waals surface area (Å²) in [6.07, 6.45) is 1.21. The summed E-state index contributed by atoms with van der Waals surface area (Å²) in [6, 6.07) is 7.79. The average molecular weight is 295 g/mol. The van der Waals surface area contributed by atoms with Crippen molar-refractivity contribution in [2.24, 2.45) is 0 Å². The zero-order chi connectivity index (χ0) is 15.5. The number of benzene rings is 1. The molecule has 0 atom stereocenters. The summed E-state index contributed by atoms with van der Waals surface area (Å²) >= 11 is 0. The van der Waals surface area contributed by atoms with Crippen molar-refractivity contribution >= 4 is 5.91 Å². The van der Waals surface area contributed by atoms with E-state index in [9.17, 15) is 4.79 Å². The molecule has 1 rings (SSSR count). The van der Waals surface area contributed by atoms with Gasteiger partial charge in [0, 0.05) is 33.7 Å². The van der Waals surface area contributed by atoms with Gasteiger partial charge in [0.05, 0.1) is 20.3 Å². The van der Waals surface area contributed by atoms with Gasteiger partial charge in [0.25, 0.3) is 0 Å². The van der Waals surface area contributed by atoms with Gasteiger partial charge in [-0.05, 0) is 24.1 Å². The SMILES string of the molecule is COCCN(CCOC)C(=O)CCc1ccc(OC)cc1. The van der Waals surface area contributed by atoms with Crippen molar-refractivity contribution in [2.75, 3.05) is 47.6 Å². The normalized spacial score (nSPS) is 10.4. The number of ether oxygens (including phenoxy) is 3. The first-order chi connectivity index (χ1) is 10.2. The summed E-state index contributed by atoms with van der Waals surface area (Å²) in [6.45, 7) is 2.28. The van der Waals surface area contributed by atoms with Crippen molar-refractivity contribution in [3.63, 3.8) is 0 Å². The molecule has 0 aliphatic carbocycles. The number of carbonyl (C=O) groups excluding carboxylic acids is 1. The molecule has 0 radical (unpaired) electrons. The number of hydrogen-bond donors (Lipinski definition) is 0. The molecule has 0 spiro atoms. The Morgan fingerprint density at radius 1 is 1.00 bits per heavy atom. The van der Waals surface area contributed by atoms with Crippen LogP contribution in [0.1, 0.15) is 12.0 Å². The van der Waals surface area contributed by atoms with Gasteiger partial charge in [-0.3, -0.25) is 4.79 Å². The Kier molecular flexibility index (Phi) is 8.47. The second kappa shape index (κ2) is 10.2. The van der Waals surface area contributed by atoms with Gasteiger partial charge in [0.15, 0.2) is 0 Å². The highest BCUT2D eigenvalue weighted by molar-refractivity contribution is 5.76. The maximum absolute atomic E-state index is 12.2. The Bertz CT molecular complexity index is 397. The Morgan fingerprint density at radius 2 is 1.57 bits per heavy atom. The number of hydrogen-bond acceptors (Lipinski definition) is 4. The van der Waals surface area contributed by atoms with Crippen LogP contribution in [-0.4, -0.2) is 58.4 Å². The molecule has 0 N–H and O–H groups in total. The molecule has 0 saturated carbocycles. The van der Waals surface area contributed by atoms with Crippen molar-refractivity contribution in [3.05, 3.63) is 29.8 Å². The molecule has 0 unspecified atom stereocenters. The van der Waals surface area contributed by atoms with E-state index >= 15 is 0 Å². The molecule has 5 heteroatoms. The van der Waals surface area contributed by atoms with Gasteiger partial charge in [0.2, 0.25) is 5.91 Å². The highest BCUT2D eigenvalue weighted by Crippen LogP contribution is 2.13. The van der Waals surface area contributed by atoms with Crippen LogP contribution in [0.3, 0.4) is 0 Å². The lowest BCUT2D eigenvalue weighted by Crippen LogP contribution is -2.36. The quantitative estimate of drug-likeness (QED) is 0.660. The van der Waals surface area contributed by atoms with Gasteiger partial charge in [-0.1, -0.05) is 12.1 Å². The van der Waals surface area contributed by atoms with Crippen LogP contribution >= 0.6 is 0 Å². The first-order valence-electron chi connectivity index (χ1n) is 7.09. The number of nitrogens with zero attached hydrogens (tertiary/aromatic N) is 1. The van der Waals surface area contributed by atoms with Crippen molar-refractivity contribution in [3.8, 4) is 5.75 Å². The zero-order valence-corrected chi connectivity index (χ0v) is 13.1. The summed E-state index contributed by atoms with van der Waals surface area (Å²) in [5.74, 6) is 0.951. The summed E-state index contributed by atoms with van der Waals surface area (Å²) in [5.41, 5.74) is 1.13. The maximum Gasteiger partial charge on any atom is 0.223 e. The fraction of sp³-hybridized carbons (Fsp3) is 0.562. The first kappa shape index (κ1) is 17.5. The third-order valence-electron chi connectivity index (χ3n) is 3.27. The van der Waals surface area contributed by atoms with Crippen LogP contribution in [0, 0.1) is 0 Å². The van der Waals surface area contributed by atoms with Gasteiger partial charge >= 0.3 is 0 Å². The van der Waals surface area contributed by atoms with Gasteiger partial charge in [-0.2, -0.15) is 0 Å². The lowest BCUT2D eigenvalue weighted by atomic mass is 10.1. The molecular formula is C16H25NO4. The Balaban J connectivity index is 2.46. The number of carbonyl (C=O) groups is 1. The number of aryl methyl sites for hydroxylation is 1. The summed E-state index contributed by atoms with van der Waals surface area (Å²) in [7, 11) is 4.91. The van der Waals surface area contributed by atoms with Crippen LogP contribution in [0.5, 0.6) is 5.75 Å². The predicted molar refractivity (Wildman–Crippen MR) is 81.6 cm³/mol. The third-order valence-corrected chi connectivity index (χ3v) is 3.27. The molecular weight excluding hydrogens is 270 g/mol. The van der Waals surface area contributed by atoms with Crippen molar-refractivity contribution in [1.82, 2.24) is 4.90 Å². The van der Waals surface area contributed by atoms with E-state index in [4.69, 9.17) is 14.2 Å². The number of methoxy groups -OCH3 is 3. The molecule has 0 bridgehead atoms. The van der Waals surface area contributed by atoms with Crippen molar-refractivity contribution in [2.45, 2.75) is 12.8 Å². The molecule has 1 aromatic rings. The molecule has 0 aromatic heterocycles. The van der Waals surface area contributed by atoms with Gasteiger partial charge in [-0.15, -0.1) is 0 Å². The molecule has 5 nitrogen and oxygen atoms in total. The van der Waals surface area contributed by atoms with E-state index in [0.717, 1.165) is 17.7 Å². The van der Waals surface area contributed by atoms with Crippen LogP contribution in [0.25, 0.3) is 0 Å². The Hall–Kier alpha value is -1.59. The molecule has 0 fully saturated rings. The largest absolute Gasteiger partial charge is 0.497 e. The summed E-state index contributed by atoms with van der Waals surface area (Å²) in [5, 5.41) is 0. The standard InChI is InChI=1S/C16H25NO4/c1-19-12-10-17(11-13-20-2)16(18)9-6-14-4-7-15(21-3)8-5-14/h4-5,7-8H,6,9-13H2,1-3H3. The second-order valence-corrected chi connectivity index (χ2v) is 4.71. The monoisotopic (exact) mass is 295 g/mol. The van der Waals surface area contributed by atoms with Crippen LogP contribution in [-0.2, 0) is 20.7 Å². The van der Waals surface area contributed by atoms with E-state index in [1.807, 2.05) is 24.3 Å². The average Bonchev–Trinajstić information content (AvgIpc) is 2.53. The topological polar surface area (TPSA) is 48.0 Å². The fourth-order valence-corrected chi connectivity index (χ4v) is 1.97. The molecule has 0 aliphatic heterocycles. The van der Waals surface area contributed by atoms with E-state index in [-0.39, 0.29) is 5.91 Å².